The zero-order chi connectivity index (χ0) is 15.8. The molecular formula is C15H23N3O3. The van der Waals surface area contributed by atoms with Crippen LogP contribution >= 0.6 is 0 Å². The number of hydrogen-bond acceptors (Lipinski definition) is 3. The van der Waals surface area contributed by atoms with E-state index in [2.05, 4.69) is 10.6 Å². The van der Waals surface area contributed by atoms with Gasteiger partial charge in [0.2, 0.25) is 0 Å². The molecule has 0 saturated heterocycles. The first-order valence-electron chi connectivity index (χ1n) is 6.97. The number of carbonyl (C=O) groups excluding carboxylic acids is 2. The van der Waals surface area contributed by atoms with E-state index >= 15 is 0 Å². The SMILES string of the molecule is CC(C)CC(O)CNC(=O)c1ccc(CNC(N)=O)cc1. The zero-order valence-electron chi connectivity index (χ0n) is 12.4. The molecule has 6 heteroatoms. The highest BCUT2D eigenvalue weighted by Gasteiger charge is 2.10. The van der Waals surface area contributed by atoms with Gasteiger partial charge in [0.25, 0.3) is 5.91 Å². The molecule has 0 saturated carbocycles. The van der Waals surface area contributed by atoms with E-state index in [-0.39, 0.29) is 12.5 Å². The van der Waals surface area contributed by atoms with Crippen LogP contribution in [0.3, 0.4) is 0 Å². The van der Waals surface area contributed by atoms with Crippen LogP contribution in [0.4, 0.5) is 4.79 Å². The second kappa shape index (κ2) is 8.26. The van der Waals surface area contributed by atoms with E-state index in [4.69, 9.17) is 5.73 Å². The number of amides is 3. The Balaban J connectivity index is 2.45. The average molecular weight is 293 g/mol. The van der Waals surface area contributed by atoms with Crippen LogP contribution in [0.25, 0.3) is 0 Å². The van der Waals surface area contributed by atoms with Crippen LogP contribution in [0, 0.1) is 5.92 Å². The number of carbonyl (C=O) groups is 2. The second-order valence-corrected chi connectivity index (χ2v) is 5.41. The normalized spacial score (nSPS) is 12.0. The van der Waals surface area contributed by atoms with E-state index < -0.39 is 12.1 Å². The molecule has 21 heavy (non-hydrogen) atoms. The molecule has 0 aliphatic rings. The molecule has 5 N–H and O–H groups in total. The Hall–Kier alpha value is -2.08. The molecule has 6 nitrogen and oxygen atoms in total. The fourth-order valence-corrected chi connectivity index (χ4v) is 1.90. The lowest BCUT2D eigenvalue weighted by atomic mass is 10.1. The molecule has 0 fully saturated rings. The fraction of sp³-hybridized carbons (Fsp3) is 0.467. The molecule has 0 radical (unpaired) electrons. The largest absolute Gasteiger partial charge is 0.391 e. The van der Waals surface area contributed by atoms with Gasteiger partial charge in [0.15, 0.2) is 0 Å². The van der Waals surface area contributed by atoms with Crippen molar-refractivity contribution in [2.24, 2.45) is 11.7 Å². The third-order valence-corrected chi connectivity index (χ3v) is 2.92. The number of nitrogens with two attached hydrogens (primary N) is 1. The Labute approximate surface area is 124 Å². The van der Waals surface area contributed by atoms with Crippen molar-refractivity contribution in [3.05, 3.63) is 35.4 Å². The first-order valence-corrected chi connectivity index (χ1v) is 6.97. The minimum atomic E-state index is -0.587. The highest BCUT2D eigenvalue weighted by molar-refractivity contribution is 5.94. The molecule has 0 aliphatic carbocycles. The molecule has 1 aromatic carbocycles. The third-order valence-electron chi connectivity index (χ3n) is 2.92. The van der Waals surface area contributed by atoms with Crippen molar-refractivity contribution >= 4 is 11.9 Å². The number of primary amides is 1. The lowest BCUT2D eigenvalue weighted by Crippen LogP contribution is -2.32. The summed E-state index contributed by atoms with van der Waals surface area (Å²) in [4.78, 5) is 22.5. The van der Waals surface area contributed by atoms with E-state index in [1.54, 1.807) is 24.3 Å². The summed E-state index contributed by atoms with van der Waals surface area (Å²) in [5.74, 6) is 0.154. The van der Waals surface area contributed by atoms with E-state index in [0.717, 1.165) is 5.56 Å². The molecule has 0 aromatic heterocycles. The molecule has 1 aromatic rings. The summed E-state index contributed by atoms with van der Waals surface area (Å²) in [6, 6.07) is 6.24. The summed E-state index contributed by atoms with van der Waals surface area (Å²) in [6.45, 7) is 4.60. The lowest BCUT2D eigenvalue weighted by Gasteiger charge is -2.14. The van der Waals surface area contributed by atoms with Gasteiger partial charge in [0, 0.05) is 18.7 Å². The summed E-state index contributed by atoms with van der Waals surface area (Å²) in [5, 5.41) is 14.9. The quantitative estimate of drug-likeness (QED) is 0.602. The van der Waals surface area contributed by atoms with E-state index in [0.29, 0.717) is 24.4 Å². The second-order valence-electron chi connectivity index (χ2n) is 5.41. The van der Waals surface area contributed by atoms with Crippen molar-refractivity contribution in [1.29, 1.82) is 0 Å². The van der Waals surface area contributed by atoms with Gasteiger partial charge in [-0.3, -0.25) is 4.79 Å². The minimum absolute atomic E-state index is 0.229. The topological polar surface area (TPSA) is 104 Å². The maximum Gasteiger partial charge on any atom is 0.312 e. The molecule has 0 aliphatic heterocycles. The average Bonchev–Trinajstić information content (AvgIpc) is 2.42. The lowest BCUT2D eigenvalue weighted by molar-refractivity contribution is 0.0900. The summed E-state index contributed by atoms with van der Waals surface area (Å²) in [7, 11) is 0. The number of benzene rings is 1. The first kappa shape index (κ1) is 17.0. The van der Waals surface area contributed by atoms with Gasteiger partial charge < -0.3 is 21.5 Å². The number of aliphatic hydroxyl groups is 1. The van der Waals surface area contributed by atoms with Crippen molar-refractivity contribution in [3.63, 3.8) is 0 Å². The molecule has 0 heterocycles. The Morgan fingerprint density at radius 1 is 1.19 bits per heavy atom. The van der Waals surface area contributed by atoms with Gasteiger partial charge in [0.1, 0.15) is 0 Å². The molecule has 1 unspecified atom stereocenters. The zero-order valence-corrected chi connectivity index (χ0v) is 12.4. The number of rotatable bonds is 7. The highest BCUT2D eigenvalue weighted by Crippen LogP contribution is 2.06. The summed E-state index contributed by atoms with van der Waals surface area (Å²) >= 11 is 0. The maximum absolute atomic E-state index is 11.9. The van der Waals surface area contributed by atoms with Crippen LogP contribution in [-0.4, -0.2) is 29.7 Å². The number of hydrogen-bond donors (Lipinski definition) is 4. The standard InChI is InChI=1S/C15H23N3O3/c1-10(2)7-13(19)9-17-14(20)12-5-3-11(4-6-12)8-18-15(16)21/h3-6,10,13,19H,7-9H2,1-2H3,(H,17,20)(H3,16,18,21). The van der Waals surface area contributed by atoms with E-state index in [9.17, 15) is 14.7 Å². The predicted molar refractivity (Wildman–Crippen MR) is 80.7 cm³/mol. The van der Waals surface area contributed by atoms with Crippen LogP contribution in [0.5, 0.6) is 0 Å². The Bertz CT molecular complexity index is 472. The number of aliphatic hydroxyl groups excluding tert-OH is 1. The van der Waals surface area contributed by atoms with Gasteiger partial charge in [-0.15, -0.1) is 0 Å². The van der Waals surface area contributed by atoms with Gasteiger partial charge in [-0.1, -0.05) is 26.0 Å². The third kappa shape index (κ3) is 6.76. The Morgan fingerprint density at radius 2 is 1.81 bits per heavy atom. The summed E-state index contributed by atoms with van der Waals surface area (Å²) in [5.41, 5.74) is 6.34. The van der Waals surface area contributed by atoms with Gasteiger partial charge in [-0.25, -0.2) is 4.79 Å². The molecule has 0 bridgehead atoms. The van der Waals surface area contributed by atoms with E-state index in [1.165, 1.54) is 0 Å². The van der Waals surface area contributed by atoms with Crippen molar-refractivity contribution in [1.82, 2.24) is 10.6 Å². The number of nitrogens with one attached hydrogen (secondary N) is 2. The van der Waals surface area contributed by atoms with Crippen molar-refractivity contribution in [2.75, 3.05) is 6.54 Å². The smallest absolute Gasteiger partial charge is 0.312 e. The van der Waals surface area contributed by atoms with Gasteiger partial charge in [-0.05, 0) is 30.0 Å². The molecule has 0 spiro atoms. The van der Waals surface area contributed by atoms with Crippen molar-refractivity contribution in [2.45, 2.75) is 32.9 Å². The van der Waals surface area contributed by atoms with Crippen LogP contribution in [-0.2, 0) is 6.54 Å². The van der Waals surface area contributed by atoms with Gasteiger partial charge in [0.05, 0.1) is 6.10 Å². The minimum Gasteiger partial charge on any atom is -0.391 e. The van der Waals surface area contributed by atoms with Crippen LogP contribution < -0.4 is 16.4 Å². The molecule has 1 atom stereocenters. The Morgan fingerprint density at radius 3 is 2.33 bits per heavy atom. The van der Waals surface area contributed by atoms with Crippen molar-refractivity contribution < 1.29 is 14.7 Å². The molecular weight excluding hydrogens is 270 g/mol. The number of urea groups is 1. The molecule has 1 rings (SSSR count). The Kier molecular flexibility index (Phi) is 6.68. The van der Waals surface area contributed by atoms with Crippen LogP contribution in [0.2, 0.25) is 0 Å². The summed E-state index contributed by atoms with van der Waals surface area (Å²) in [6.07, 6.45) is 0.117. The van der Waals surface area contributed by atoms with Crippen LogP contribution in [0.15, 0.2) is 24.3 Å². The first-order chi connectivity index (χ1) is 9.88. The monoisotopic (exact) mass is 293 g/mol. The molecule has 3 amide bonds. The van der Waals surface area contributed by atoms with Crippen molar-refractivity contribution in [3.8, 4) is 0 Å². The molecule has 116 valence electrons. The maximum atomic E-state index is 11.9. The fourth-order valence-electron chi connectivity index (χ4n) is 1.90. The van der Waals surface area contributed by atoms with E-state index in [1.807, 2.05) is 13.8 Å². The van der Waals surface area contributed by atoms with Crippen LogP contribution in [0.1, 0.15) is 36.2 Å². The summed E-state index contributed by atoms with van der Waals surface area (Å²) < 4.78 is 0. The van der Waals surface area contributed by atoms with Gasteiger partial charge >= 0.3 is 6.03 Å². The highest BCUT2D eigenvalue weighted by atomic mass is 16.3. The predicted octanol–water partition coefficient (Wildman–Crippen LogP) is 0.992. The van der Waals surface area contributed by atoms with Gasteiger partial charge in [-0.2, -0.15) is 0 Å².